The maximum Gasteiger partial charge on any atom is 0.251 e. The number of rotatable bonds is 4. The quantitative estimate of drug-likeness (QED) is 0.865. The van der Waals surface area contributed by atoms with Crippen molar-refractivity contribution in [3.8, 4) is 0 Å². The van der Waals surface area contributed by atoms with Gasteiger partial charge < -0.3 is 5.32 Å². The highest BCUT2D eigenvalue weighted by atomic mass is 32.2. The Balaban J connectivity index is 1.96. The molecule has 1 amide bonds. The Hall–Kier alpha value is -1.01. The van der Waals surface area contributed by atoms with Gasteiger partial charge in [-0.15, -0.1) is 11.8 Å². The lowest BCUT2D eigenvalue weighted by Crippen LogP contribution is -2.35. The number of carbonyl (C=O) groups excluding carboxylic acids is 1. The molecule has 6 heteroatoms. The summed E-state index contributed by atoms with van der Waals surface area (Å²) < 4.78 is 22.7. The van der Waals surface area contributed by atoms with Crippen LogP contribution < -0.4 is 5.32 Å². The minimum Gasteiger partial charge on any atom is -0.348 e. The Morgan fingerprint density at radius 2 is 1.95 bits per heavy atom. The van der Waals surface area contributed by atoms with Gasteiger partial charge in [-0.3, -0.25) is 4.79 Å². The average Bonchev–Trinajstić information content (AvgIpc) is 2.68. The Morgan fingerprint density at radius 3 is 2.45 bits per heavy atom. The van der Waals surface area contributed by atoms with Gasteiger partial charge in [0.25, 0.3) is 5.91 Å². The number of carbonyl (C=O) groups is 1. The minimum absolute atomic E-state index is 0.0556. The molecule has 0 saturated carbocycles. The summed E-state index contributed by atoms with van der Waals surface area (Å²) in [6.07, 6.45) is 0.509. The van der Waals surface area contributed by atoms with Crippen LogP contribution in [0.15, 0.2) is 29.2 Å². The second-order valence-corrected chi connectivity index (χ2v) is 9.14. The summed E-state index contributed by atoms with van der Waals surface area (Å²) in [5.74, 6) is 0.0234. The smallest absolute Gasteiger partial charge is 0.251 e. The van der Waals surface area contributed by atoms with Gasteiger partial charge in [-0.05, 0) is 30.7 Å². The van der Waals surface area contributed by atoms with Gasteiger partial charge in [0, 0.05) is 21.8 Å². The number of sulfone groups is 1. The topological polar surface area (TPSA) is 63.2 Å². The van der Waals surface area contributed by atoms with E-state index in [1.54, 1.807) is 23.9 Å². The first kappa shape index (κ1) is 15.4. The van der Waals surface area contributed by atoms with E-state index in [4.69, 9.17) is 0 Å². The third-order valence-corrected chi connectivity index (χ3v) is 5.84. The van der Waals surface area contributed by atoms with E-state index >= 15 is 0 Å². The van der Waals surface area contributed by atoms with E-state index in [0.717, 1.165) is 4.90 Å². The Kier molecular flexibility index (Phi) is 4.75. The summed E-state index contributed by atoms with van der Waals surface area (Å²) in [5, 5.41) is 3.28. The number of thioether (sulfide) groups is 1. The van der Waals surface area contributed by atoms with Crippen LogP contribution in [-0.2, 0) is 9.84 Å². The van der Waals surface area contributed by atoms with Crippen LogP contribution in [0, 0.1) is 0 Å². The van der Waals surface area contributed by atoms with Crippen molar-refractivity contribution in [2.45, 2.75) is 36.5 Å². The molecule has 0 aliphatic carbocycles. The number of hydrogen-bond donors (Lipinski definition) is 1. The molecular weight excluding hydrogens is 294 g/mol. The molecule has 1 fully saturated rings. The molecule has 2 rings (SSSR count). The molecule has 1 saturated heterocycles. The standard InChI is InChI=1S/C14H19NO3S2/c1-10(2)19-13-5-3-11(4-6-13)14(16)15-12-7-8-20(17,18)9-12/h3-6,10,12H,7-9H2,1-2H3,(H,15,16). The molecule has 0 aromatic heterocycles. The largest absolute Gasteiger partial charge is 0.348 e. The molecule has 1 atom stereocenters. The van der Waals surface area contributed by atoms with Crippen LogP contribution in [-0.4, -0.2) is 37.1 Å². The Morgan fingerprint density at radius 1 is 1.30 bits per heavy atom. The van der Waals surface area contributed by atoms with Crippen molar-refractivity contribution in [3.05, 3.63) is 29.8 Å². The molecule has 1 aliphatic rings. The van der Waals surface area contributed by atoms with E-state index < -0.39 is 9.84 Å². The van der Waals surface area contributed by atoms with E-state index in [1.165, 1.54) is 0 Å². The van der Waals surface area contributed by atoms with E-state index in [-0.39, 0.29) is 23.5 Å². The van der Waals surface area contributed by atoms with Gasteiger partial charge in [-0.1, -0.05) is 13.8 Å². The highest BCUT2D eigenvalue weighted by Crippen LogP contribution is 2.23. The van der Waals surface area contributed by atoms with Crippen LogP contribution in [0.2, 0.25) is 0 Å². The predicted octanol–water partition coefficient (Wildman–Crippen LogP) is 2.10. The predicted molar refractivity (Wildman–Crippen MR) is 82.0 cm³/mol. The third kappa shape index (κ3) is 4.24. The summed E-state index contributed by atoms with van der Waals surface area (Å²) in [5.41, 5.74) is 0.572. The summed E-state index contributed by atoms with van der Waals surface area (Å²) in [4.78, 5) is 13.2. The Bertz CT molecular complexity index is 579. The fourth-order valence-corrected chi connectivity index (χ4v) is 4.65. The zero-order valence-corrected chi connectivity index (χ0v) is 13.3. The van der Waals surface area contributed by atoms with E-state index in [2.05, 4.69) is 19.2 Å². The van der Waals surface area contributed by atoms with Gasteiger partial charge in [0.05, 0.1) is 11.5 Å². The molecule has 1 heterocycles. The first-order valence-corrected chi connectivity index (χ1v) is 9.34. The highest BCUT2D eigenvalue weighted by Gasteiger charge is 2.29. The monoisotopic (exact) mass is 313 g/mol. The Labute approximate surface area is 124 Å². The van der Waals surface area contributed by atoms with Gasteiger partial charge in [0.1, 0.15) is 0 Å². The second kappa shape index (κ2) is 6.18. The van der Waals surface area contributed by atoms with Crippen molar-refractivity contribution in [1.29, 1.82) is 0 Å². The zero-order chi connectivity index (χ0) is 14.8. The van der Waals surface area contributed by atoms with Gasteiger partial charge in [0.2, 0.25) is 0 Å². The number of amides is 1. The van der Waals surface area contributed by atoms with Crippen molar-refractivity contribution in [2.75, 3.05) is 11.5 Å². The molecule has 0 radical (unpaired) electrons. The first-order chi connectivity index (χ1) is 9.35. The highest BCUT2D eigenvalue weighted by molar-refractivity contribution is 7.99. The molecule has 110 valence electrons. The van der Waals surface area contributed by atoms with Gasteiger partial charge in [-0.2, -0.15) is 0 Å². The maximum absolute atomic E-state index is 12.0. The molecule has 20 heavy (non-hydrogen) atoms. The molecule has 1 aromatic carbocycles. The molecule has 1 aromatic rings. The molecule has 1 N–H and O–H groups in total. The average molecular weight is 313 g/mol. The van der Waals surface area contributed by atoms with Crippen molar-refractivity contribution in [3.63, 3.8) is 0 Å². The molecule has 1 unspecified atom stereocenters. The van der Waals surface area contributed by atoms with Crippen LogP contribution in [0.25, 0.3) is 0 Å². The molecule has 0 spiro atoms. The van der Waals surface area contributed by atoms with E-state index in [9.17, 15) is 13.2 Å². The van der Waals surface area contributed by atoms with Gasteiger partial charge >= 0.3 is 0 Å². The SMILES string of the molecule is CC(C)Sc1ccc(C(=O)NC2CCS(=O)(=O)C2)cc1. The summed E-state index contributed by atoms with van der Waals surface area (Å²) in [6, 6.07) is 7.15. The summed E-state index contributed by atoms with van der Waals surface area (Å²) in [6.45, 7) is 4.23. The van der Waals surface area contributed by atoms with Crippen LogP contribution in [0.4, 0.5) is 0 Å². The summed E-state index contributed by atoms with van der Waals surface area (Å²) >= 11 is 1.74. The number of nitrogens with one attached hydrogen (secondary N) is 1. The first-order valence-electron chi connectivity index (χ1n) is 6.64. The normalized spacial score (nSPS) is 21.1. The van der Waals surface area contributed by atoms with Crippen LogP contribution in [0.3, 0.4) is 0 Å². The minimum atomic E-state index is -2.96. The lowest BCUT2D eigenvalue weighted by molar-refractivity contribution is 0.0941. The van der Waals surface area contributed by atoms with Crippen molar-refractivity contribution < 1.29 is 13.2 Å². The summed E-state index contributed by atoms with van der Waals surface area (Å²) in [7, 11) is -2.96. The second-order valence-electron chi connectivity index (χ2n) is 5.26. The van der Waals surface area contributed by atoms with Crippen LogP contribution in [0.5, 0.6) is 0 Å². The lowest BCUT2D eigenvalue weighted by Gasteiger charge is -2.11. The number of hydrogen-bond acceptors (Lipinski definition) is 4. The lowest BCUT2D eigenvalue weighted by atomic mass is 10.2. The van der Waals surface area contributed by atoms with E-state index in [0.29, 0.717) is 17.2 Å². The molecule has 0 bridgehead atoms. The third-order valence-electron chi connectivity index (χ3n) is 3.06. The molecular formula is C14H19NO3S2. The van der Waals surface area contributed by atoms with Crippen LogP contribution >= 0.6 is 11.8 Å². The zero-order valence-electron chi connectivity index (χ0n) is 11.6. The number of benzene rings is 1. The van der Waals surface area contributed by atoms with Crippen molar-refractivity contribution in [1.82, 2.24) is 5.32 Å². The van der Waals surface area contributed by atoms with Crippen molar-refractivity contribution >= 4 is 27.5 Å². The molecule has 4 nitrogen and oxygen atoms in total. The van der Waals surface area contributed by atoms with Gasteiger partial charge in [0.15, 0.2) is 9.84 Å². The fourth-order valence-electron chi connectivity index (χ4n) is 2.13. The van der Waals surface area contributed by atoms with Crippen molar-refractivity contribution in [2.24, 2.45) is 0 Å². The van der Waals surface area contributed by atoms with Crippen LogP contribution in [0.1, 0.15) is 30.6 Å². The maximum atomic E-state index is 12.0. The fraction of sp³-hybridized carbons (Fsp3) is 0.500. The van der Waals surface area contributed by atoms with Gasteiger partial charge in [-0.25, -0.2) is 8.42 Å². The van der Waals surface area contributed by atoms with E-state index in [1.807, 2.05) is 12.1 Å². The molecule has 1 aliphatic heterocycles.